The third-order valence-electron chi connectivity index (χ3n) is 3.95. The first-order valence-electron chi connectivity index (χ1n) is 8.23. The molecule has 0 aliphatic carbocycles. The van der Waals surface area contributed by atoms with E-state index in [1.165, 1.54) is 7.11 Å². The van der Waals surface area contributed by atoms with Crippen LogP contribution in [0.2, 0.25) is 0 Å². The molecule has 1 atom stereocenters. The van der Waals surface area contributed by atoms with Crippen molar-refractivity contribution in [3.8, 4) is 0 Å². The number of nitrogens with one attached hydrogen (secondary N) is 1. The quantitative estimate of drug-likeness (QED) is 0.711. The number of ether oxygens (including phenoxy) is 1. The van der Waals surface area contributed by atoms with Crippen LogP contribution >= 0.6 is 0 Å². The van der Waals surface area contributed by atoms with Crippen molar-refractivity contribution in [1.82, 2.24) is 10.2 Å². The van der Waals surface area contributed by atoms with Gasteiger partial charge in [0.1, 0.15) is 0 Å². The molecule has 0 bridgehead atoms. The number of hydrogen-bond donors (Lipinski definition) is 1. The molecule has 0 aliphatic rings. The monoisotopic (exact) mass is 320 g/mol. The van der Waals surface area contributed by atoms with Crippen LogP contribution in [-0.2, 0) is 4.74 Å². The fourth-order valence-corrected chi connectivity index (χ4v) is 2.42. The summed E-state index contributed by atoms with van der Waals surface area (Å²) >= 11 is 0. The molecule has 1 aromatic rings. The second-order valence-corrected chi connectivity index (χ2v) is 5.61. The third-order valence-corrected chi connectivity index (χ3v) is 3.95. The Kier molecular flexibility index (Phi) is 8.33. The van der Waals surface area contributed by atoms with Gasteiger partial charge in [0.2, 0.25) is 0 Å². The summed E-state index contributed by atoms with van der Waals surface area (Å²) in [4.78, 5) is 25.9. The Bertz CT molecular complexity index is 495. The average Bonchev–Trinajstić information content (AvgIpc) is 2.58. The van der Waals surface area contributed by atoms with Gasteiger partial charge in [-0.25, -0.2) is 4.79 Å². The second kappa shape index (κ2) is 10.0. The fraction of sp³-hybridized carbons (Fsp3) is 0.556. The lowest BCUT2D eigenvalue weighted by Gasteiger charge is -2.19. The molecule has 0 unspecified atom stereocenters. The van der Waals surface area contributed by atoms with Gasteiger partial charge in [0.15, 0.2) is 0 Å². The van der Waals surface area contributed by atoms with E-state index in [0.29, 0.717) is 11.1 Å². The Morgan fingerprint density at radius 2 is 1.70 bits per heavy atom. The van der Waals surface area contributed by atoms with E-state index in [2.05, 4.69) is 28.8 Å². The standard InChI is InChI=1S/C18H28N2O3/c1-5-20(6-2)13-7-8-14(3)19-17(21)15-9-11-16(12-10-15)18(22)23-4/h9-12,14H,5-8,13H2,1-4H3,(H,19,21)/t14-/m0/s1. The van der Waals surface area contributed by atoms with Crippen molar-refractivity contribution < 1.29 is 14.3 Å². The largest absolute Gasteiger partial charge is 0.465 e. The minimum absolute atomic E-state index is 0.114. The van der Waals surface area contributed by atoms with E-state index in [4.69, 9.17) is 0 Å². The molecule has 23 heavy (non-hydrogen) atoms. The maximum Gasteiger partial charge on any atom is 0.337 e. The van der Waals surface area contributed by atoms with Gasteiger partial charge in [0, 0.05) is 11.6 Å². The highest BCUT2D eigenvalue weighted by atomic mass is 16.5. The molecule has 1 amide bonds. The van der Waals surface area contributed by atoms with Crippen molar-refractivity contribution in [2.45, 2.75) is 39.7 Å². The average molecular weight is 320 g/mol. The molecule has 0 saturated carbocycles. The van der Waals surface area contributed by atoms with Gasteiger partial charge in [-0.2, -0.15) is 0 Å². The van der Waals surface area contributed by atoms with Crippen LogP contribution in [0.15, 0.2) is 24.3 Å². The Morgan fingerprint density at radius 1 is 1.13 bits per heavy atom. The molecule has 128 valence electrons. The highest BCUT2D eigenvalue weighted by Crippen LogP contribution is 2.07. The highest BCUT2D eigenvalue weighted by Gasteiger charge is 2.11. The van der Waals surface area contributed by atoms with Gasteiger partial charge >= 0.3 is 5.97 Å². The van der Waals surface area contributed by atoms with Gasteiger partial charge in [-0.05, 0) is 63.7 Å². The normalized spacial score (nSPS) is 12.0. The number of rotatable bonds is 9. The molecule has 0 heterocycles. The molecular formula is C18H28N2O3. The van der Waals surface area contributed by atoms with E-state index >= 15 is 0 Å². The van der Waals surface area contributed by atoms with Crippen LogP contribution in [0.25, 0.3) is 0 Å². The molecule has 1 aromatic carbocycles. The molecule has 0 spiro atoms. The van der Waals surface area contributed by atoms with Gasteiger partial charge in [-0.1, -0.05) is 13.8 Å². The summed E-state index contributed by atoms with van der Waals surface area (Å²) in [6.07, 6.45) is 2.01. The SMILES string of the molecule is CCN(CC)CCC[C@H](C)NC(=O)c1ccc(C(=O)OC)cc1. The molecular weight excluding hydrogens is 292 g/mol. The zero-order chi connectivity index (χ0) is 17.2. The Morgan fingerprint density at radius 3 is 2.22 bits per heavy atom. The Labute approximate surface area is 139 Å². The predicted molar refractivity (Wildman–Crippen MR) is 91.7 cm³/mol. The first kappa shape index (κ1) is 19.2. The van der Waals surface area contributed by atoms with Crippen molar-refractivity contribution in [1.29, 1.82) is 0 Å². The van der Waals surface area contributed by atoms with Gasteiger partial charge < -0.3 is 15.0 Å². The molecule has 1 rings (SSSR count). The van der Waals surface area contributed by atoms with Gasteiger partial charge in [-0.3, -0.25) is 4.79 Å². The van der Waals surface area contributed by atoms with E-state index in [1.807, 2.05) is 6.92 Å². The number of carbonyl (C=O) groups is 2. The minimum Gasteiger partial charge on any atom is -0.465 e. The molecule has 0 radical (unpaired) electrons. The lowest BCUT2D eigenvalue weighted by atomic mass is 10.1. The van der Waals surface area contributed by atoms with Crippen molar-refractivity contribution in [3.05, 3.63) is 35.4 Å². The van der Waals surface area contributed by atoms with E-state index in [9.17, 15) is 9.59 Å². The maximum atomic E-state index is 12.2. The zero-order valence-corrected chi connectivity index (χ0v) is 14.6. The van der Waals surface area contributed by atoms with Crippen molar-refractivity contribution in [2.75, 3.05) is 26.7 Å². The maximum absolute atomic E-state index is 12.2. The molecule has 0 saturated heterocycles. The van der Waals surface area contributed by atoms with Gasteiger partial charge in [-0.15, -0.1) is 0 Å². The van der Waals surface area contributed by atoms with Crippen molar-refractivity contribution in [2.24, 2.45) is 0 Å². The van der Waals surface area contributed by atoms with Crippen LogP contribution in [0.3, 0.4) is 0 Å². The summed E-state index contributed by atoms with van der Waals surface area (Å²) in [6.45, 7) is 9.51. The van der Waals surface area contributed by atoms with E-state index in [1.54, 1.807) is 24.3 Å². The number of hydrogen-bond acceptors (Lipinski definition) is 4. The van der Waals surface area contributed by atoms with Crippen molar-refractivity contribution in [3.63, 3.8) is 0 Å². The number of benzene rings is 1. The lowest BCUT2D eigenvalue weighted by molar-refractivity contribution is 0.0600. The summed E-state index contributed by atoms with van der Waals surface area (Å²) in [5, 5.41) is 2.99. The Balaban J connectivity index is 2.44. The van der Waals surface area contributed by atoms with E-state index in [0.717, 1.165) is 32.5 Å². The molecule has 5 nitrogen and oxygen atoms in total. The third kappa shape index (κ3) is 6.40. The number of nitrogens with zero attached hydrogens (tertiary/aromatic N) is 1. The topological polar surface area (TPSA) is 58.6 Å². The van der Waals surface area contributed by atoms with Crippen LogP contribution in [-0.4, -0.2) is 49.6 Å². The summed E-state index contributed by atoms with van der Waals surface area (Å²) in [6, 6.07) is 6.62. The molecule has 0 fully saturated rings. The Hall–Kier alpha value is -1.88. The van der Waals surface area contributed by atoms with Gasteiger partial charge in [0.25, 0.3) is 5.91 Å². The summed E-state index contributed by atoms with van der Waals surface area (Å²) in [5.74, 6) is -0.515. The first-order valence-corrected chi connectivity index (χ1v) is 8.23. The number of esters is 1. The van der Waals surface area contributed by atoms with Crippen LogP contribution in [0.4, 0.5) is 0 Å². The van der Waals surface area contributed by atoms with Crippen LogP contribution < -0.4 is 5.32 Å². The number of carbonyl (C=O) groups excluding carboxylic acids is 2. The second-order valence-electron chi connectivity index (χ2n) is 5.61. The van der Waals surface area contributed by atoms with Crippen LogP contribution in [0.1, 0.15) is 54.3 Å². The minimum atomic E-state index is -0.401. The molecule has 0 aromatic heterocycles. The summed E-state index contributed by atoms with van der Waals surface area (Å²) in [5.41, 5.74) is 0.990. The zero-order valence-electron chi connectivity index (χ0n) is 14.6. The smallest absolute Gasteiger partial charge is 0.337 e. The molecule has 0 aliphatic heterocycles. The lowest BCUT2D eigenvalue weighted by Crippen LogP contribution is -2.33. The number of amides is 1. The molecule has 1 N–H and O–H groups in total. The first-order chi connectivity index (χ1) is 11.0. The summed E-state index contributed by atoms with van der Waals surface area (Å²) in [7, 11) is 1.34. The number of methoxy groups -OCH3 is 1. The summed E-state index contributed by atoms with van der Waals surface area (Å²) < 4.78 is 4.64. The predicted octanol–water partition coefficient (Wildman–Crippen LogP) is 2.71. The highest BCUT2D eigenvalue weighted by molar-refractivity contribution is 5.96. The van der Waals surface area contributed by atoms with Crippen LogP contribution in [0.5, 0.6) is 0 Å². The van der Waals surface area contributed by atoms with Crippen molar-refractivity contribution >= 4 is 11.9 Å². The van der Waals surface area contributed by atoms with E-state index < -0.39 is 5.97 Å². The van der Waals surface area contributed by atoms with Gasteiger partial charge in [0.05, 0.1) is 12.7 Å². The molecule has 5 heteroatoms. The van der Waals surface area contributed by atoms with E-state index in [-0.39, 0.29) is 11.9 Å². The fourth-order valence-electron chi connectivity index (χ4n) is 2.42. The van der Waals surface area contributed by atoms with Crippen LogP contribution in [0, 0.1) is 0 Å².